The van der Waals surface area contributed by atoms with Gasteiger partial charge in [-0.15, -0.1) is 11.3 Å². The van der Waals surface area contributed by atoms with Crippen LogP contribution >= 0.6 is 11.3 Å². The zero-order valence-electron chi connectivity index (χ0n) is 16.0. The first-order chi connectivity index (χ1) is 12.9. The van der Waals surface area contributed by atoms with Crippen molar-refractivity contribution in [3.8, 4) is 11.5 Å². The number of aryl methyl sites for hydroxylation is 1. The summed E-state index contributed by atoms with van der Waals surface area (Å²) < 4.78 is 11.0. The van der Waals surface area contributed by atoms with E-state index in [-0.39, 0.29) is 5.91 Å². The first-order valence-corrected chi connectivity index (χ1v) is 9.94. The standard InChI is InChI=1S/C20H26N2O4S/c1-14-18(13-26-17-7-5-16(25-3)6-8-17)27-19(21-14)20(24)9-4-11-22(12-10-20)15(2)23/h5-8,24H,4,9-13H2,1-3H3/t20-/m1/s1. The maximum absolute atomic E-state index is 11.6. The maximum Gasteiger partial charge on any atom is 0.219 e. The van der Waals surface area contributed by atoms with Crippen molar-refractivity contribution in [1.82, 2.24) is 9.88 Å². The van der Waals surface area contributed by atoms with Crippen molar-refractivity contribution < 1.29 is 19.4 Å². The van der Waals surface area contributed by atoms with Gasteiger partial charge in [0.05, 0.1) is 17.7 Å². The van der Waals surface area contributed by atoms with Crippen LogP contribution in [-0.2, 0) is 17.0 Å². The predicted octanol–water partition coefficient (Wildman–Crippen LogP) is 3.26. The molecular formula is C20H26N2O4S. The van der Waals surface area contributed by atoms with Crippen molar-refractivity contribution in [3.63, 3.8) is 0 Å². The highest BCUT2D eigenvalue weighted by molar-refractivity contribution is 7.11. The number of nitrogens with zero attached hydrogens (tertiary/aromatic N) is 2. The largest absolute Gasteiger partial charge is 0.497 e. The highest BCUT2D eigenvalue weighted by Gasteiger charge is 2.36. The summed E-state index contributed by atoms with van der Waals surface area (Å²) in [5, 5.41) is 11.9. The van der Waals surface area contributed by atoms with Crippen LogP contribution in [0.1, 0.15) is 41.8 Å². The van der Waals surface area contributed by atoms with E-state index in [1.54, 1.807) is 18.9 Å². The summed E-state index contributed by atoms with van der Waals surface area (Å²) in [5.41, 5.74) is -0.0950. The molecule has 1 atom stereocenters. The summed E-state index contributed by atoms with van der Waals surface area (Å²) in [6.45, 7) is 5.17. The summed E-state index contributed by atoms with van der Waals surface area (Å²) in [4.78, 5) is 19.0. The molecule has 0 saturated carbocycles. The van der Waals surface area contributed by atoms with E-state index in [0.717, 1.165) is 33.5 Å². The Morgan fingerprint density at radius 1 is 1.26 bits per heavy atom. The Morgan fingerprint density at radius 3 is 2.63 bits per heavy atom. The van der Waals surface area contributed by atoms with Crippen molar-refractivity contribution in [3.05, 3.63) is 39.8 Å². The molecule has 0 spiro atoms. The molecule has 6 nitrogen and oxygen atoms in total. The van der Waals surface area contributed by atoms with Crippen LogP contribution in [0.4, 0.5) is 0 Å². The second-order valence-electron chi connectivity index (χ2n) is 6.88. The molecule has 2 aromatic rings. The summed E-state index contributed by atoms with van der Waals surface area (Å²) in [6.07, 6.45) is 1.90. The van der Waals surface area contributed by atoms with Crippen molar-refractivity contribution in [1.29, 1.82) is 0 Å². The third-order valence-electron chi connectivity index (χ3n) is 4.98. The Kier molecular flexibility index (Phi) is 6.01. The monoisotopic (exact) mass is 390 g/mol. The van der Waals surface area contributed by atoms with E-state index in [1.807, 2.05) is 31.2 Å². The molecule has 1 aliphatic rings. The van der Waals surface area contributed by atoms with Crippen LogP contribution in [0.2, 0.25) is 0 Å². The Labute approximate surface area is 163 Å². The summed E-state index contributed by atoms with van der Waals surface area (Å²) in [7, 11) is 1.63. The Hall–Kier alpha value is -2.12. The highest BCUT2D eigenvalue weighted by atomic mass is 32.1. The lowest BCUT2D eigenvalue weighted by Crippen LogP contribution is -2.32. The molecule has 3 rings (SSSR count). The van der Waals surface area contributed by atoms with Gasteiger partial charge in [0.1, 0.15) is 28.7 Å². The molecule has 1 aliphatic heterocycles. The number of carbonyl (C=O) groups is 1. The SMILES string of the molecule is COc1ccc(OCc2sc([C@@]3(O)CCCN(C(C)=O)CC3)nc2C)cc1. The molecule has 1 fully saturated rings. The van der Waals surface area contributed by atoms with Gasteiger partial charge in [-0.3, -0.25) is 4.79 Å². The smallest absolute Gasteiger partial charge is 0.219 e. The van der Waals surface area contributed by atoms with Crippen molar-refractivity contribution in [2.45, 2.75) is 45.3 Å². The topological polar surface area (TPSA) is 71.9 Å². The number of likely N-dealkylation sites (tertiary alicyclic amines) is 1. The van der Waals surface area contributed by atoms with E-state index in [4.69, 9.17) is 9.47 Å². The van der Waals surface area contributed by atoms with Gasteiger partial charge in [0.15, 0.2) is 0 Å². The van der Waals surface area contributed by atoms with Gasteiger partial charge in [0, 0.05) is 26.4 Å². The molecule has 146 valence electrons. The molecule has 2 heterocycles. The molecule has 0 unspecified atom stereocenters. The third-order valence-corrected chi connectivity index (χ3v) is 6.30. The number of methoxy groups -OCH3 is 1. The number of amides is 1. The predicted molar refractivity (Wildman–Crippen MR) is 104 cm³/mol. The van der Waals surface area contributed by atoms with E-state index in [2.05, 4.69) is 4.98 Å². The summed E-state index contributed by atoms with van der Waals surface area (Å²) >= 11 is 1.50. The molecule has 7 heteroatoms. The Morgan fingerprint density at radius 2 is 1.96 bits per heavy atom. The molecule has 0 radical (unpaired) electrons. The normalized spacial score (nSPS) is 20.2. The quantitative estimate of drug-likeness (QED) is 0.848. The van der Waals surface area contributed by atoms with Crippen LogP contribution in [0.5, 0.6) is 11.5 Å². The van der Waals surface area contributed by atoms with Crippen molar-refractivity contribution in [2.24, 2.45) is 0 Å². The van der Waals surface area contributed by atoms with Crippen LogP contribution in [0, 0.1) is 6.92 Å². The van der Waals surface area contributed by atoms with Gasteiger partial charge in [-0.05, 0) is 44.0 Å². The van der Waals surface area contributed by atoms with Gasteiger partial charge in [-0.25, -0.2) is 4.98 Å². The number of ether oxygens (including phenoxy) is 2. The number of thiazole rings is 1. The van der Waals surface area contributed by atoms with Crippen LogP contribution in [0.15, 0.2) is 24.3 Å². The van der Waals surface area contributed by atoms with Crippen molar-refractivity contribution in [2.75, 3.05) is 20.2 Å². The minimum absolute atomic E-state index is 0.0585. The van der Waals surface area contributed by atoms with Gasteiger partial charge >= 0.3 is 0 Å². The highest BCUT2D eigenvalue weighted by Crippen LogP contribution is 2.36. The number of aliphatic hydroxyl groups is 1. The number of hydrogen-bond donors (Lipinski definition) is 1. The van der Waals surface area contributed by atoms with E-state index in [0.29, 0.717) is 32.5 Å². The van der Waals surface area contributed by atoms with Crippen LogP contribution < -0.4 is 9.47 Å². The molecule has 1 amide bonds. The molecule has 27 heavy (non-hydrogen) atoms. The zero-order valence-corrected chi connectivity index (χ0v) is 16.8. The Balaban J connectivity index is 1.68. The molecule has 1 aromatic carbocycles. The summed E-state index contributed by atoms with van der Waals surface area (Å²) in [5.74, 6) is 1.60. The van der Waals surface area contributed by atoms with Gasteiger partial charge in [-0.2, -0.15) is 0 Å². The average molecular weight is 391 g/mol. The van der Waals surface area contributed by atoms with E-state index in [9.17, 15) is 9.90 Å². The zero-order chi connectivity index (χ0) is 19.4. The second kappa shape index (κ2) is 8.27. The van der Waals surface area contributed by atoms with E-state index >= 15 is 0 Å². The fourth-order valence-corrected chi connectivity index (χ4v) is 4.35. The maximum atomic E-state index is 11.6. The molecule has 0 bridgehead atoms. The molecular weight excluding hydrogens is 364 g/mol. The summed E-state index contributed by atoms with van der Waals surface area (Å²) in [6, 6.07) is 7.45. The third kappa shape index (κ3) is 4.59. The van der Waals surface area contributed by atoms with Gasteiger partial charge < -0.3 is 19.5 Å². The fraction of sp³-hybridized carbons (Fsp3) is 0.500. The van der Waals surface area contributed by atoms with E-state index in [1.165, 1.54) is 11.3 Å². The average Bonchev–Trinajstić information content (AvgIpc) is 2.91. The molecule has 1 N–H and O–H groups in total. The van der Waals surface area contributed by atoms with Gasteiger partial charge in [-0.1, -0.05) is 0 Å². The van der Waals surface area contributed by atoms with Crippen LogP contribution in [0.25, 0.3) is 0 Å². The van der Waals surface area contributed by atoms with Crippen LogP contribution in [-0.4, -0.2) is 41.1 Å². The first kappa shape index (κ1) is 19.6. The van der Waals surface area contributed by atoms with Crippen LogP contribution in [0.3, 0.4) is 0 Å². The fourth-order valence-electron chi connectivity index (χ4n) is 3.23. The Bertz CT molecular complexity index is 790. The number of aromatic nitrogens is 1. The number of benzene rings is 1. The first-order valence-electron chi connectivity index (χ1n) is 9.13. The minimum atomic E-state index is -0.974. The number of hydrogen-bond acceptors (Lipinski definition) is 6. The minimum Gasteiger partial charge on any atom is -0.497 e. The van der Waals surface area contributed by atoms with Gasteiger partial charge in [0.25, 0.3) is 0 Å². The molecule has 1 aromatic heterocycles. The number of carbonyl (C=O) groups excluding carboxylic acids is 1. The number of rotatable bonds is 5. The lowest BCUT2D eigenvalue weighted by Gasteiger charge is -2.24. The molecule has 0 aliphatic carbocycles. The lowest BCUT2D eigenvalue weighted by atomic mass is 9.96. The van der Waals surface area contributed by atoms with Gasteiger partial charge in [0.2, 0.25) is 5.91 Å². The second-order valence-corrected chi connectivity index (χ2v) is 7.97. The van der Waals surface area contributed by atoms with E-state index < -0.39 is 5.60 Å². The van der Waals surface area contributed by atoms with Crippen molar-refractivity contribution >= 4 is 17.2 Å². The lowest BCUT2D eigenvalue weighted by molar-refractivity contribution is -0.128. The molecule has 1 saturated heterocycles.